The van der Waals surface area contributed by atoms with Crippen LogP contribution in [0.4, 0.5) is 0 Å². The lowest BCUT2D eigenvalue weighted by Gasteiger charge is -2.17. The van der Waals surface area contributed by atoms with Crippen molar-refractivity contribution in [3.05, 3.63) is 35.4 Å². The summed E-state index contributed by atoms with van der Waals surface area (Å²) in [6.07, 6.45) is 2.45. The number of nitrogens with one attached hydrogen (secondary N) is 1. The number of hydrogen-bond acceptors (Lipinski definition) is 2. The Morgan fingerprint density at radius 2 is 2.06 bits per heavy atom. The predicted octanol–water partition coefficient (Wildman–Crippen LogP) is 3.23. The van der Waals surface area contributed by atoms with E-state index >= 15 is 0 Å². The molecule has 1 aromatic rings. The summed E-state index contributed by atoms with van der Waals surface area (Å²) in [5.74, 6) is 1.31. The SMILES string of the molecule is CCc1ccccc1CNC1CCSC1C. The number of hydrogen-bond donors (Lipinski definition) is 1. The summed E-state index contributed by atoms with van der Waals surface area (Å²) in [6, 6.07) is 9.47. The molecule has 2 unspecified atom stereocenters. The molecule has 1 aromatic carbocycles. The molecule has 88 valence electrons. The Balaban J connectivity index is 1.93. The molecule has 16 heavy (non-hydrogen) atoms. The molecule has 2 atom stereocenters. The standard InChI is InChI=1S/C14H21NS/c1-3-12-6-4-5-7-13(12)10-15-14-8-9-16-11(14)2/h4-7,11,14-15H,3,8-10H2,1-2H3. The van der Waals surface area contributed by atoms with E-state index in [0.29, 0.717) is 6.04 Å². The van der Waals surface area contributed by atoms with Gasteiger partial charge in [0.25, 0.3) is 0 Å². The lowest BCUT2D eigenvalue weighted by Crippen LogP contribution is -2.33. The summed E-state index contributed by atoms with van der Waals surface area (Å²) >= 11 is 2.09. The Bertz CT molecular complexity index is 337. The van der Waals surface area contributed by atoms with Gasteiger partial charge in [-0.1, -0.05) is 38.1 Å². The molecule has 2 rings (SSSR count). The van der Waals surface area contributed by atoms with Gasteiger partial charge in [-0.25, -0.2) is 0 Å². The van der Waals surface area contributed by atoms with Crippen LogP contribution < -0.4 is 5.32 Å². The van der Waals surface area contributed by atoms with Gasteiger partial charge in [-0.2, -0.15) is 11.8 Å². The Morgan fingerprint density at radius 1 is 1.31 bits per heavy atom. The van der Waals surface area contributed by atoms with Crippen molar-refractivity contribution in [2.75, 3.05) is 5.75 Å². The van der Waals surface area contributed by atoms with Crippen LogP contribution in [0.3, 0.4) is 0 Å². The molecular formula is C14H21NS. The van der Waals surface area contributed by atoms with Gasteiger partial charge in [0.2, 0.25) is 0 Å². The minimum atomic E-state index is 0.704. The first kappa shape index (κ1) is 12.0. The van der Waals surface area contributed by atoms with Crippen molar-refractivity contribution in [3.63, 3.8) is 0 Å². The largest absolute Gasteiger partial charge is 0.309 e. The van der Waals surface area contributed by atoms with Gasteiger partial charge in [0.1, 0.15) is 0 Å². The maximum atomic E-state index is 3.70. The van der Waals surface area contributed by atoms with Crippen molar-refractivity contribution in [2.24, 2.45) is 0 Å². The van der Waals surface area contributed by atoms with Crippen molar-refractivity contribution in [2.45, 2.75) is 44.5 Å². The Kier molecular flexibility index (Phi) is 4.30. The Morgan fingerprint density at radius 3 is 2.69 bits per heavy atom. The number of benzene rings is 1. The van der Waals surface area contributed by atoms with E-state index in [9.17, 15) is 0 Å². The second kappa shape index (κ2) is 5.74. The van der Waals surface area contributed by atoms with Crippen LogP contribution in [0.1, 0.15) is 31.4 Å². The zero-order valence-electron chi connectivity index (χ0n) is 10.2. The van der Waals surface area contributed by atoms with E-state index < -0.39 is 0 Å². The molecule has 0 radical (unpaired) electrons. The molecule has 1 aliphatic rings. The fourth-order valence-corrected chi connectivity index (χ4v) is 3.54. The highest BCUT2D eigenvalue weighted by atomic mass is 32.2. The molecule has 1 fully saturated rings. The quantitative estimate of drug-likeness (QED) is 0.860. The van der Waals surface area contributed by atoms with Crippen molar-refractivity contribution in [1.29, 1.82) is 0 Å². The van der Waals surface area contributed by atoms with E-state index in [1.807, 2.05) is 0 Å². The van der Waals surface area contributed by atoms with E-state index in [1.165, 1.54) is 23.3 Å². The summed E-state index contributed by atoms with van der Waals surface area (Å²) in [5, 5.41) is 4.47. The van der Waals surface area contributed by atoms with Gasteiger partial charge in [0.05, 0.1) is 0 Å². The van der Waals surface area contributed by atoms with Crippen LogP contribution >= 0.6 is 11.8 Å². The highest BCUT2D eigenvalue weighted by Crippen LogP contribution is 2.26. The van der Waals surface area contributed by atoms with Gasteiger partial charge in [-0.3, -0.25) is 0 Å². The molecule has 1 N–H and O–H groups in total. The fourth-order valence-electron chi connectivity index (χ4n) is 2.32. The normalized spacial score (nSPS) is 24.9. The molecule has 0 bridgehead atoms. The predicted molar refractivity (Wildman–Crippen MR) is 73.0 cm³/mol. The average Bonchev–Trinajstić information content (AvgIpc) is 2.72. The highest BCUT2D eigenvalue weighted by molar-refractivity contribution is 8.00. The first-order valence-electron chi connectivity index (χ1n) is 6.23. The zero-order valence-corrected chi connectivity index (χ0v) is 11.0. The summed E-state index contributed by atoms with van der Waals surface area (Å²) in [4.78, 5) is 0. The maximum absolute atomic E-state index is 3.70. The molecular weight excluding hydrogens is 214 g/mol. The lowest BCUT2D eigenvalue weighted by molar-refractivity contribution is 0.511. The van der Waals surface area contributed by atoms with Crippen LogP contribution in [0.5, 0.6) is 0 Å². The van der Waals surface area contributed by atoms with Crippen molar-refractivity contribution in [1.82, 2.24) is 5.32 Å². The number of rotatable bonds is 4. The third kappa shape index (κ3) is 2.80. The number of aryl methyl sites for hydroxylation is 1. The second-order valence-electron chi connectivity index (χ2n) is 4.47. The van der Waals surface area contributed by atoms with E-state index in [0.717, 1.165) is 18.2 Å². The van der Waals surface area contributed by atoms with Crippen LogP contribution in [0.15, 0.2) is 24.3 Å². The topological polar surface area (TPSA) is 12.0 Å². The zero-order chi connectivity index (χ0) is 11.4. The third-order valence-electron chi connectivity index (χ3n) is 3.43. The van der Waals surface area contributed by atoms with Crippen LogP contribution in [-0.2, 0) is 13.0 Å². The lowest BCUT2D eigenvalue weighted by atomic mass is 10.0. The van der Waals surface area contributed by atoms with Gasteiger partial charge >= 0.3 is 0 Å². The minimum absolute atomic E-state index is 0.704. The first-order chi connectivity index (χ1) is 7.81. The Hall–Kier alpha value is -0.470. The second-order valence-corrected chi connectivity index (χ2v) is 5.96. The third-order valence-corrected chi connectivity index (χ3v) is 4.76. The van der Waals surface area contributed by atoms with Crippen LogP contribution in [0, 0.1) is 0 Å². The summed E-state index contributed by atoms with van der Waals surface area (Å²) in [7, 11) is 0. The Labute approximate surface area is 103 Å². The van der Waals surface area contributed by atoms with Crippen molar-refractivity contribution < 1.29 is 0 Å². The van der Waals surface area contributed by atoms with E-state index in [-0.39, 0.29) is 0 Å². The summed E-state index contributed by atoms with van der Waals surface area (Å²) < 4.78 is 0. The molecule has 1 saturated heterocycles. The fraction of sp³-hybridized carbons (Fsp3) is 0.571. The van der Waals surface area contributed by atoms with Gasteiger partial charge in [-0.15, -0.1) is 0 Å². The van der Waals surface area contributed by atoms with E-state index in [4.69, 9.17) is 0 Å². The van der Waals surface area contributed by atoms with Gasteiger partial charge in [0.15, 0.2) is 0 Å². The molecule has 0 amide bonds. The molecule has 1 nitrogen and oxygen atoms in total. The van der Waals surface area contributed by atoms with Crippen LogP contribution in [0.2, 0.25) is 0 Å². The molecule has 0 spiro atoms. The van der Waals surface area contributed by atoms with E-state index in [2.05, 4.69) is 55.2 Å². The first-order valence-corrected chi connectivity index (χ1v) is 7.28. The molecule has 0 aromatic heterocycles. The summed E-state index contributed by atoms with van der Waals surface area (Å²) in [6.45, 7) is 5.59. The monoisotopic (exact) mass is 235 g/mol. The molecule has 1 heterocycles. The van der Waals surface area contributed by atoms with Gasteiger partial charge in [0, 0.05) is 17.8 Å². The molecule has 0 saturated carbocycles. The smallest absolute Gasteiger partial charge is 0.0211 e. The number of thioether (sulfide) groups is 1. The van der Waals surface area contributed by atoms with Crippen molar-refractivity contribution in [3.8, 4) is 0 Å². The average molecular weight is 235 g/mol. The van der Waals surface area contributed by atoms with Crippen LogP contribution in [-0.4, -0.2) is 17.0 Å². The molecule has 0 aliphatic carbocycles. The molecule has 2 heteroatoms. The minimum Gasteiger partial charge on any atom is -0.309 e. The van der Waals surface area contributed by atoms with Gasteiger partial charge < -0.3 is 5.32 Å². The highest BCUT2D eigenvalue weighted by Gasteiger charge is 2.23. The van der Waals surface area contributed by atoms with Gasteiger partial charge in [-0.05, 0) is 29.7 Å². The molecule has 1 aliphatic heterocycles. The maximum Gasteiger partial charge on any atom is 0.0211 e. The summed E-state index contributed by atoms with van der Waals surface area (Å²) in [5.41, 5.74) is 2.95. The van der Waals surface area contributed by atoms with Crippen molar-refractivity contribution >= 4 is 11.8 Å². The van der Waals surface area contributed by atoms with E-state index in [1.54, 1.807) is 0 Å². The van der Waals surface area contributed by atoms with Crippen LogP contribution in [0.25, 0.3) is 0 Å².